The molecule has 0 aromatic carbocycles. The van der Waals surface area contributed by atoms with Gasteiger partial charge in [0.05, 0.1) is 17.9 Å². The van der Waals surface area contributed by atoms with E-state index in [4.69, 9.17) is 0 Å². The third kappa shape index (κ3) is 27.4. The monoisotopic (exact) mass is 601 g/mol. The molecular formula is C33H63NO6S. The van der Waals surface area contributed by atoms with Crippen LogP contribution < -0.4 is 5.32 Å². The molecule has 0 spiro atoms. The molecule has 0 aromatic heterocycles. The van der Waals surface area contributed by atoms with Gasteiger partial charge < -0.3 is 15.5 Å². The molecule has 4 N–H and O–H groups in total. The molecule has 0 radical (unpaired) electrons. The van der Waals surface area contributed by atoms with E-state index in [2.05, 4.69) is 25.2 Å². The summed E-state index contributed by atoms with van der Waals surface area (Å²) >= 11 is 0. The maximum atomic E-state index is 12.4. The van der Waals surface area contributed by atoms with E-state index in [1.807, 2.05) is 6.08 Å². The van der Waals surface area contributed by atoms with E-state index in [9.17, 15) is 28.0 Å². The lowest BCUT2D eigenvalue weighted by Crippen LogP contribution is -2.50. The van der Waals surface area contributed by atoms with Gasteiger partial charge in [0.2, 0.25) is 5.91 Å². The maximum absolute atomic E-state index is 12.4. The van der Waals surface area contributed by atoms with Gasteiger partial charge in [0.15, 0.2) is 0 Å². The first-order chi connectivity index (χ1) is 19.7. The van der Waals surface area contributed by atoms with Gasteiger partial charge in [0.1, 0.15) is 6.10 Å². The lowest BCUT2D eigenvalue weighted by molar-refractivity contribution is -0.130. The van der Waals surface area contributed by atoms with E-state index in [1.54, 1.807) is 6.08 Å². The van der Waals surface area contributed by atoms with Crippen molar-refractivity contribution in [3.63, 3.8) is 0 Å². The van der Waals surface area contributed by atoms with Gasteiger partial charge in [-0.15, -0.1) is 0 Å². The standard InChI is InChI=1S/C33H63NO6S/c1-3-5-7-9-11-12-13-14-15-16-17-18-19-20-22-24-26-28-32(36)33(37)34-30(29-41(38,39)40)31(35)27-25-23-21-10-8-6-4-2/h8,10,25,27,30-32,35-36H,3-7,9,11-24,26,28-29H2,1-2H3,(H,34,37)(H,38,39,40)/b10-8+,27-25+. The van der Waals surface area contributed by atoms with Crippen molar-refractivity contribution in [1.29, 1.82) is 0 Å². The second-order valence-electron chi connectivity index (χ2n) is 11.6. The van der Waals surface area contributed by atoms with Gasteiger partial charge in [0.25, 0.3) is 10.1 Å². The van der Waals surface area contributed by atoms with Crippen molar-refractivity contribution in [2.75, 3.05) is 5.75 Å². The van der Waals surface area contributed by atoms with Crippen molar-refractivity contribution in [2.45, 2.75) is 173 Å². The Bertz CT molecular complexity index is 768. The first-order valence-electron chi connectivity index (χ1n) is 16.6. The van der Waals surface area contributed by atoms with Crippen molar-refractivity contribution in [3.8, 4) is 0 Å². The fourth-order valence-electron chi connectivity index (χ4n) is 4.89. The predicted octanol–water partition coefficient (Wildman–Crippen LogP) is 7.82. The van der Waals surface area contributed by atoms with Crippen LogP contribution >= 0.6 is 0 Å². The zero-order valence-corrected chi connectivity index (χ0v) is 27.1. The van der Waals surface area contributed by atoms with Crippen LogP contribution in [-0.2, 0) is 14.9 Å². The van der Waals surface area contributed by atoms with E-state index in [1.165, 1.54) is 89.5 Å². The number of hydrogen-bond acceptors (Lipinski definition) is 5. The Balaban J connectivity index is 4.02. The number of hydrogen-bond donors (Lipinski definition) is 4. The minimum Gasteiger partial charge on any atom is -0.387 e. The van der Waals surface area contributed by atoms with E-state index < -0.39 is 40.0 Å². The highest BCUT2D eigenvalue weighted by atomic mass is 32.2. The number of carbonyl (C=O) groups excluding carboxylic acids is 1. The summed E-state index contributed by atoms with van der Waals surface area (Å²) in [6, 6.07) is -1.24. The highest BCUT2D eigenvalue weighted by molar-refractivity contribution is 7.85. The average molecular weight is 602 g/mol. The molecular weight excluding hydrogens is 538 g/mol. The van der Waals surface area contributed by atoms with Gasteiger partial charge in [-0.3, -0.25) is 9.35 Å². The molecule has 0 fully saturated rings. The molecule has 0 aliphatic carbocycles. The topological polar surface area (TPSA) is 124 Å². The molecule has 3 atom stereocenters. The number of carbonyl (C=O) groups is 1. The van der Waals surface area contributed by atoms with Crippen LogP contribution in [0.1, 0.15) is 155 Å². The van der Waals surface area contributed by atoms with Crippen LogP contribution in [-0.4, -0.2) is 53.1 Å². The van der Waals surface area contributed by atoms with Crippen LogP contribution in [0.3, 0.4) is 0 Å². The molecule has 0 aliphatic rings. The van der Waals surface area contributed by atoms with Crippen LogP contribution in [0.5, 0.6) is 0 Å². The molecule has 1 amide bonds. The van der Waals surface area contributed by atoms with Gasteiger partial charge >= 0.3 is 0 Å². The van der Waals surface area contributed by atoms with Crippen molar-refractivity contribution in [2.24, 2.45) is 0 Å². The highest BCUT2D eigenvalue weighted by Gasteiger charge is 2.27. The highest BCUT2D eigenvalue weighted by Crippen LogP contribution is 2.15. The number of rotatable bonds is 29. The third-order valence-electron chi connectivity index (χ3n) is 7.47. The first kappa shape index (κ1) is 39.8. The Kier molecular flexibility index (Phi) is 26.8. The molecule has 0 heterocycles. The third-order valence-corrected chi connectivity index (χ3v) is 8.25. The summed E-state index contributed by atoms with van der Waals surface area (Å²) in [6.45, 7) is 4.36. The summed E-state index contributed by atoms with van der Waals surface area (Å²) in [6.07, 6.45) is 29.9. The lowest BCUT2D eigenvalue weighted by Gasteiger charge is -2.22. The Morgan fingerprint density at radius 3 is 1.56 bits per heavy atom. The minimum absolute atomic E-state index is 0.277. The summed E-state index contributed by atoms with van der Waals surface area (Å²) in [5.41, 5.74) is 0. The van der Waals surface area contributed by atoms with Crippen molar-refractivity contribution in [1.82, 2.24) is 5.32 Å². The molecule has 0 saturated heterocycles. The van der Waals surface area contributed by atoms with Crippen molar-refractivity contribution < 1.29 is 28.0 Å². The molecule has 7 nitrogen and oxygen atoms in total. The number of unbranched alkanes of at least 4 members (excludes halogenated alkanes) is 18. The summed E-state index contributed by atoms with van der Waals surface area (Å²) < 4.78 is 32.1. The van der Waals surface area contributed by atoms with Crippen molar-refractivity contribution >= 4 is 16.0 Å². The number of nitrogens with one attached hydrogen (secondary N) is 1. The zero-order valence-electron chi connectivity index (χ0n) is 26.3. The summed E-state index contributed by atoms with van der Waals surface area (Å²) in [5, 5.41) is 23.1. The molecule has 0 aromatic rings. The maximum Gasteiger partial charge on any atom is 0.267 e. The normalized spacial score (nSPS) is 14.6. The molecule has 3 unspecified atom stereocenters. The van der Waals surface area contributed by atoms with Gasteiger partial charge in [0, 0.05) is 0 Å². The van der Waals surface area contributed by atoms with Gasteiger partial charge in [-0.25, -0.2) is 0 Å². The van der Waals surface area contributed by atoms with Gasteiger partial charge in [-0.2, -0.15) is 8.42 Å². The minimum atomic E-state index is -4.43. The Morgan fingerprint density at radius 1 is 0.659 bits per heavy atom. The molecule has 41 heavy (non-hydrogen) atoms. The van der Waals surface area contributed by atoms with Crippen LogP contribution in [0.15, 0.2) is 24.3 Å². The molecule has 8 heteroatoms. The zero-order chi connectivity index (χ0) is 30.6. The number of aliphatic hydroxyl groups is 2. The second kappa shape index (κ2) is 27.6. The Morgan fingerprint density at radius 2 is 1.10 bits per heavy atom. The first-order valence-corrected chi connectivity index (χ1v) is 18.3. The second-order valence-corrected chi connectivity index (χ2v) is 13.1. The molecule has 0 saturated carbocycles. The molecule has 242 valence electrons. The molecule has 0 bridgehead atoms. The van der Waals surface area contributed by atoms with Gasteiger partial charge in [-0.05, 0) is 25.7 Å². The van der Waals surface area contributed by atoms with Crippen LogP contribution in [0, 0.1) is 0 Å². The van der Waals surface area contributed by atoms with Gasteiger partial charge in [-0.1, -0.05) is 154 Å². The number of amides is 1. The summed E-state index contributed by atoms with van der Waals surface area (Å²) in [7, 11) is -4.43. The van der Waals surface area contributed by atoms with Crippen LogP contribution in [0.25, 0.3) is 0 Å². The van der Waals surface area contributed by atoms with E-state index in [0.717, 1.165) is 38.5 Å². The van der Waals surface area contributed by atoms with Crippen LogP contribution in [0.4, 0.5) is 0 Å². The van der Waals surface area contributed by atoms with Crippen molar-refractivity contribution in [3.05, 3.63) is 24.3 Å². The Labute approximate surface area is 252 Å². The molecule has 0 aliphatic heterocycles. The average Bonchev–Trinajstić information content (AvgIpc) is 2.92. The largest absolute Gasteiger partial charge is 0.387 e. The quantitative estimate of drug-likeness (QED) is 0.0394. The number of allylic oxidation sites excluding steroid dienone is 3. The predicted molar refractivity (Wildman–Crippen MR) is 172 cm³/mol. The van der Waals surface area contributed by atoms with E-state index >= 15 is 0 Å². The smallest absolute Gasteiger partial charge is 0.267 e. The van der Waals surface area contributed by atoms with Crippen LogP contribution in [0.2, 0.25) is 0 Å². The number of aliphatic hydroxyl groups excluding tert-OH is 2. The Hall–Kier alpha value is -1.22. The summed E-state index contributed by atoms with van der Waals surface area (Å²) in [4.78, 5) is 12.4. The van der Waals surface area contributed by atoms with E-state index in [0.29, 0.717) is 12.8 Å². The lowest BCUT2D eigenvalue weighted by atomic mass is 10.0. The fourth-order valence-corrected chi connectivity index (χ4v) is 5.62. The molecule has 0 rings (SSSR count). The van der Waals surface area contributed by atoms with E-state index in [-0.39, 0.29) is 6.42 Å². The summed E-state index contributed by atoms with van der Waals surface area (Å²) in [5.74, 6) is -1.56. The fraction of sp³-hybridized carbons (Fsp3) is 0.848. The SMILES string of the molecule is CCC/C=C/CC/C=C/C(O)C(CS(=O)(=O)O)NC(=O)C(O)CCCCCCCCCCCCCCCCCCC.